The zero-order chi connectivity index (χ0) is 23.4. The Balaban J connectivity index is 1.59. The summed E-state index contributed by atoms with van der Waals surface area (Å²) in [4.78, 5) is 22.1. The quantitative estimate of drug-likeness (QED) is 0.503. The molecule has 0 saturated carbocycles. The van der Waals surface area contributed by atoms with E-state index in [2.05, 4.69) is 4.98 Å². The third-order valence-electron chi connectivity index (χ3n) is 5.83. The van der Waals surface area contributed by atoms with Crippen LogP contribution in [0.15, 0.2) is 53.4 Å². The highest BCUT2D eigenvalue weighted by atomic mass is 32.2. The summed E-state index contributed by atoms with van der Waals surface area (Å²) in [6.07, 6.45) is 3.90. The lowest BCUT2D eigenvalue weighted by atomic mass is 10.2. The predicted molar refractivity (Wildman–Crippen MR) is 134 cm³/mol. The lowest BCUT2D eigenvalue weighted by molar-refractivity contribution is 0.0985. The van der Waals surface area contributed by atoms with Crippen LogP contribution in [0.2, 0.25) is 0 Å². The molecule has 33 heavy (non-hydrogen) atoms. The van der Waals surface area contributed by atoms with Gasteiger partial charge >= 0.3 is 0 Å². The highest BCUT2D eigenvalue weighted by Crippen LogP contribution is 2.30. The zero-order valence-electron chi connectivity index (χ0n) is 19.1. The topological polar surface area (TPSA) is 73.8 Å². The highest BCUT2D eigenvalue weighted by Gasteiger charge is 2.26. The number of amides is 1. The van der Waals surface area contributed by atoms with Gasteiger partial charge in [-0.05, 0) is 63.3 Å². The van der Waals surface area contributed by atoms with Gasteiger partial charge in [0.2, 0.25) is 10.0 Å². The Labute approximate surface area is 199 Å². The van der Waals surface area contributed by atoms with E-state index >= 15 is 0 Å². The fraction of sp³-hybridized carbons (Fsp3) is 0.417. The number of para-hydroxylation sites is 1. The molecule has 3 aromatic rings. The average molecular weight is 487 g/mol. The minimum absolute atomic E-state index is 0.186. The van der Waals surface area contributed by atoms with E-state index in [9.17, 15) is 13.2 Å². The van der Waals surface area contributed by atoms with Crippen LogP contribution in [0.25, 0.3) is 10.2 Å². The van der Waals surface area contributed by atoms with Gasteiger partial charge in [-0.1, -0.05) is 36.3 Å². The Morgan fingerprint density at radius 3 is 2.27 bits per heavy atom. The van der Waals surface area contributed by atoms with E-state index in [1.165, 1.54) is 11.3 Å². The minimum atomic E-state index is -3.55. The molecule has 4 rings (SSSR count). The van der Waals surface area contributed by atoms with Crippen molar-refractivity contribution in [2.45, 2.75) is 30.6 Å². The molecule has 1 amide bonds. The second-order valence-corrected chi connectivity index (χ2v) is 11.5. The maximum Gasteiger partial charge on any atom is 0.260 e. The second kappa shape index (κ2) is 10.3. The Morgan fingerprint density at radius 1 is 0.970 bits per heavy atom. The van der Waals surface area contributed by atoms with Crippen LogP contribution in [0.4, 0.5) is 5.13 Å². The molecule has 9 heteroatoms. The molecule has 1 fully saturated rings. The Morgan fingerprint density at radius 2 is 1.64 bits per heavy atom. The molecule has 0 spiro atoms. The van der Waals surface area contributed by atoms with E-state index in [1.54, 1.807) is 33.5 Å². The average Bonchev–Trinajstić information content (AvgIpc) is 3.03. The van der Waals surface area contributed by atoms with Crippen LogP contribution in [0.3, 0.4) is 0 Å². The van der Waals surface area contributed by atoms with Crippen molar-refractivity contribution in [3.05, 3.63) is 54.1 Å². The zero-order valence-corrected chi connectivity index (χ0v) is 20.7. The van der Waals surface area contributed by atoms with Crippen LogP contribution >= 0.6 is 11.3 Å². The first-order valence-corrected chi connectivity index (χ1v) is 13.5. The second-order valence-electron chi connectivity index (χ2n) is 8.57. The smallest absolute Gasteiger partial charge is 0.260 e. The molecule has 0 N–H and O–H groups in total. The van der Waals surface area contributed by atoms with E-state index < -0.39 is 10.0 Å². The van der Waals surface area contributed by atoms with Crippen LogP contribution in [0, 0.1) is 0 Å². The van der Waals surface area contributed by atoms with E-state index in [-0.39, 0.29) is 10.8 Å². The summed E-state index contributed by atoms with van der Waals surface area (Å²) >= 11 is 1.48. The third-order valence-corrected chi connectivity index (χ3v) is 8.81. The van der Waals surface area contributed by atoms with Gasteiger partial charge in [0.1, 0.15) is 0 Å². The van der Waals surface area contributed by atoms with Gasteiger partial charge in [0.15, 0.2) is 5.13 Å². The molecule has 0 radical (unpaired) electrons. The first-order valence-electron chi connectivity index (χ1n) is 11.3. The number of carbonyl (C=O) groups is 1. The molecule has 0 bridgehead atoms. The van der Waals surface area contributed by atoms with E-state index in [0.29, 0.717) is 36.9 Å². The molecule has 1 saturated heterocycles. The number of hydrogen-bond acceptors (Lipinski definition) is 6. The van der Waals surface area contributed by atoms with E-state index in [0.717, 1.165) is 35.9 Å². The molecule has 2 aromatic carbocycles. The largest absolute Gasteiger partial charge is 0.308 e. The number of rotatable bonds is 7. The van der Waals surface area contributed by atoms with Gasteiger partial charge in [0.05, 0.1) is 15.1 Å². The van der Waals surface area contributed by atoms with Crippen molar-refractivity contribution >= 4 is 42.6 Å². The first kappa shape index (κ1) is 23.8. The number of sulfonamides is 1. The molecule has 1 aliphatic rings. The summed E-state index contributed by atoms with van der Waals surface area (Å²) in [5.41, 5.74) is 1.31. The fourth-order valence-electron chi connectivity index (χ4n) is 3.92. The molecule has 176 valence electrons. The Bertz CT molecular complexity index is 1160. The van der Waals surface area contributed by atoms with Crippen molar-refractivity contribution in [3.63, 3.8) is 0 Å². The molecule has 0 unspecified atom stereocenters. The van der Waals surface area contributed by atoms with Gasteiger partial charge in [-0.25, -0.2) is 13.4 Å². The fourth-order valence-corrected chi connectivity index (χ4v) is 6.42. The summed E-state index contributed by atoms with van der Waals surface area (Å²) in [7, 11) is 0.376. The molecular weight excluding hydrogens is 456 g/mol. The molecule has 1 aromatic heterocycles. The molecule has 1 aliphatic heterocycles. The number of carbonyl (C=O) groups excluding carboxylic acids is 1. The van der Waals surface area contributed by atoms with Gasteiger partial charge < -0.3 is 4.90 Å². The molecule has 0 aliphatic carbocycles. The van der Waals surface area contributed by atoms with Crippen molar-refractivity contribution in [2.24, 2.45) is 0 Å². The predicted octanol–water partition coefficient (Wildman–Crippen LogP) is 4.07. The maximum atomic E-state index is 13.5. The van der Waals surface area contributed by atoms with Crippen LogP contribution in [-0.2, 0) is 10.0 Å². The van der Waals surface area contributed by atoms with Crippen molar-refractivity contribution in [3.8, 4) is 0 Å². The van der Waals surface area contributed by atoms with Gasteiger partial charge in [-0.3, -0.25) is 9.69 Å². The van der Waals surface area contributed by atoms with E-state index in [4.69, 9.17) is 0 Å². The first-order chi connectivity index (χ1) is 15.9. The Hall–Kier alpha value is -2.33. The number of thiazole rings is 1. The SMILES string of the molecule is CN(C)CCN(C(=O)c1ccc(S(=O)(=O)N2CCCCCC2)cc1)c1nc2ccccc2s1. The van der Waals surface area contributed by atoms with Crippen molar-refractivity contribution in [1.29, 1.82) is 0 Å². The summed E-state index contributed by atoms with van der Waals surface area (Å²) in [6, 6.07) is 14.2. The number of likely N-dealkylation sites (N-methyl/N-ethyl adjacent to an activating group) is 1. The van der Waals surface area contributed by atoms with Crippen LogP contribution in [0.5, 0.6) is 0 Å². The van der Waals surface area contributed by atoms with Crippen molar-refractivity contribution in [2.75, 3.05) is 45.2 Å². The van der Waals surface area contributed by atoms with Crippen molar-refractivity contribution < 1.29 is 13.2 Å². The normalized spacial score (nSPS) is 15.6. The van der Waals surface area contributed by atoms with E-state index in [1.807, 2.05) is 43.3 Å². The summed E-state index contributed by atoms with van der Waals surface area (Å²) in [6.45, 7) is 2.28. The number of fused-ring (bicyclic) bond motifs is 1. The monoisotopic (exact) mass is 486 g/mol. The number of hydrogen-bond donors (Lipinski definition) is 0. The lowest BCUT2D eigenvalue weighted by Crippen LogP contribution is -2.36. The van der Waals surface area contributed by atoms with Crippen LogP contribution in [-0.4, -0.2) is 68.8 Å². The number of benzene rings is 2. The summed E-state index contributed by atoms with van der Waals surface area (Å²) in [5.74, 6) is -0.186. The van der Waals surface area contributed by atoms with Crippen LogP contribution in [0.1, 0.15) is 36.0 Å². The van der Waals surface area contributed by atoms with Gasteiger partial charge in [0, 0.05) is 31.7 Å². The molecular formula is C24H30N4O3S2. The third kappa shape index (κ3) is 5.43. The number of aromatic nitrogens is 1. The minimum Gasteiger partial charge on any atom is -0.308 e. The van der Waals surface area contributed by atoms with Gasteiger partial charge in [-0.15, -0.1) is 0 Å². The Kier molecular flexibility index (Phi) is 7.43. The van der Waals surface area contributed by atoms with Crippen LogP contribution < -0.4 is 4.90 Å². The number of anilines is 1. The molecule has 2 heterocycles. The summed E-state index contributed by atoms with van der Waals surface area (Å²) in [5, 5.41) is 0.643. The van der Waals surface area contributed by atoms with Crippen molar-refractivity contribution in [1.82, 2.24) is 14.2 Å². The molecule has 0 atom stereocenters. The standard InChI is InChI=1S/C24H30N4O3S2/c1-26(2)17-18-28(24-25-21-9-5-6-10-22(21)32-24)23(29)19-11-13-20(14-12-19)33(30,31)27-15-7-3-4-8-16-27/h5-6,9-14H,3-4,7-8,15-18H2,1-2H3. The summed E-state index contributed by atoms with van der Waals surface area (Å²) < 4.78 is 28.7. The van der Waals surface area contributed by atoms with Gasteiger partial charge in [-0.2, -0.15) is 4.31 Å². The maximum absolute atomic E-state index is 13.5. The molecule has 7 nitrogen and oxygen atoms in total. The highest BCUT2D eigenvalue weighted by molar-refractivity contribution is 7.89. The van der Waals surface area contributed by atoms with Gasteiger partial charge in [0.25, 0.3) is 5.91 Å². The lowest BCUT2D eigenvalue weighted by Gasteiger charge is -2.22. The number of nitrogens with zero attached hydrogens (tertiary/aromatic N) is 4.